The Morgan fingerprint density at radius 1 is 0.235 bits per heavy atom. The fourth-order valence-electron chi connectivity index (χ4n) is 14.3. The third-order valence-electron chi connectivity index (χ3n) is 19.2. The lowest BCUT2D eigenvalue weighted by atomic mass is 9.95. The van der Waals surface area contributed by atoms with Crippen LogP contribution in [0.1, 0.15) is 5.56 Å². The van der Waals surface area contributed by atoms with Gasteiger partial charge in [0.25, 0.3) is 0 Å². The van der Waals surface area contributed by atoms with Gasteiger partial charge < -0.3 is 0 Å². The molecular weight excluding hydrogens is 1240 g/mol. The van der Waals surface area contributed by atoms with Gasteiger partial charge in [-0.3, -0.25) is 9.13 Å². The first-order chi connectivity index (χ1) is 50.5. The van der Waals surface area contributed by atoms with E-state index in [1.54, 1.807) is 0 Å². The van der Waals surface area contributed by atoms with Crippen molar-refractivity contribution in [2.24, 2.45) is 0 Å². The van der Waals surface area contributed by atoms with Gasteiger partial charge in [-0.05, 0) is 129 Å². The molecule has 8 heteroatoms. The molecule has 476 valence electrons. The number of aromatic nitrogens is 7. The van der Waals surface area contributed by atoms with Crippen molar-refractivity contribution in [1.29, 1.82) is 5.26 Å². The van der Waals surface area contributed by atoms with Crippen molar-refractivity contribution >= 4 is 65.4 Å². The van der Waals surface area contributed by atoms with E-state index in [2.05, 4.69) is 319 Å². The molecule has 5 heterocycles. The van der Waals surface area contributed by atoms with Crippen LogP contribution in [-0.2, 0) is 0 Å². The van der Waals surface area contributed by atoms with Crippen LogP contribution in [0.5, 0.6) is 0 Å². The molecule has 0 atom stereocenters. The predicted molar refractivity (Wildman–Crippen MR) is 419 cm³/mol. The van der Waals surface area contributed by atoms with Gasteiger partial charge in [-0.2, -0.15) is 5.26 Å². The fraction of sp³-hybridized carbons (Fsp3) is 0. The Morgan fingerprint density at radius 2 is 0.578 bits per heavy atom. The van der Waals surface area contributed by atoms with Gasteiger partial charge in [-0.15, -0.1) is 0 Å². The van der Waals surface area contributed by atoms with E-state index in [1.165, 1.54) is 0 Å². The maximum absolute atomic E-state index is 9.27. The van der Waals surface area contributed by atoms with Crippen LogP contribution in [0.3, 0.4) is 0 Å². The Morgan fingerprint density at radius 3 is 0.990 bits per heavy atom. The molecule has 0 spiro atoms. The number of pyridine rings is 3. The zero-order chi connectivity index (χ0) is 67.9. The Labute approximate surface area is 589 Å². The lowest BCUT2D eigenvalue weighted by Crippen LogP contribution is -1.97. The number of nitrogens with zero attached hydrogens (tertiary/aromatic N) is 8. The zero-order valence-corrected chi connectivity index (χ0v) is 55.2. The average molecular weight is 1300 g/mol. The van der Waals surface area contributed by atoms with Crippen LogP contribution in [0, 0.1) is 11.3 Å². The minimum absolute atomic E-state index is 0.646. The summed E-state index contributed by atoms with van der Waals surface area (Å²) in [6.07, 6.45) is 0. The highest BCUT2D eigenvalue weighted by molar-refractivity contribution is 6.22. The summed E-state index contributed by atoms with van der Waals surface area (Å²) in [4.78, 5) is 26.6. The molecule has 102 heavy (non-hydrogen) atoms. The molecule has 8 nitrogen and oxygen atoms in total. The summed E-state index contributed by atoms with van der Waals surface area (Å²) in [6, 6.07) is 129. The molecule has 0 radical (unpaired) electrons. The SMILES string of the molecule is N#Cc1ccc(-c2cccc(-c3nc4ccccc4c4ccc5c(nc(-c6ccccc6)n5-c5ccccc5)c34)c2)cc1.c1ccc(-c2cc(-c3ccc(-c4cccc(-c5nc6ccccc6c6ccc7c(nc(-c8ccccc8)n7-c7ccccc7)c56)c4)cc3)cc(-c3ccccc3)n2)cc1. The van der Waals surface area contributed by atoms with E-state index in [4.69, 9.17) is 24.9 Å². The van der Waals surface area contributed by atoms with Crippen molar-refractivity contribution in [1.82, 2.24) is 34.1 Å². The highest BCUT2D eigenvalue weighted by Crippen LogP contribution is 2.44. The summed E-state index contributed by atoms with van der Waals surface area (Å²) in [7, 11) is 0. The number of fused-ring (bicyclic) bond motifs is 10. The molecule has 19 rings (SSSR count). The smallest absolute Gasteiger partial charge is 0.145 e. The van der Waals surface area contributed by atoms with Gasteiger partial charge in [0.05, 0.1) is 67.5 Å². The molecule has 5 aromatic heterocycles. The van der Waals surface area contributed by atoms with Crippen LogP contribution in [-0.4, -0.2) is 34.1 Å². The number of nitriles is 1. The number of para-hydroxylation sites is 4. The van der Waals surface area contributed by atoms with Crippen LogP contribution in [0.15, 0.2) is 364 Å². The summed E-state index contributed by atoms with van der Waals surface area (Å²) in [5.74, 6) is 1.79. The van der Waals surface area contributed by atoms with Crippen molar-refractivity contribution in [3.05, 3.63) is 370 Å². The molecule has 0 aliphatic carbocycles. The second-order valence-corrected chi connectivity index (χ2v) is 25.4. The highest BCUT2D eigenvalue weighted by Gasteiger charge is 2.24. The normalized spacial score (nSPS) is 11.3. The second kappa shape index (κ2) is 26.1. The maximum Gasteiger partial charge on any atom is 0.145 e. The highest BCUT2D eigenvalue weighted by atomic mass is 15.1. The van der Waals surface area contributed by atoms with Gasteiger partial charge in [-0.25, -0.2) is 24.9 Å². The van der Waals surface area contributed by atoms with Crippen molar-refractivity contribution in [3.63, 3.8) is 0 Å². The largest absolute Gasteiger partial charge is 0.292 e. The Hall–Kier alpha value is -14.0. The van der Waals surface area contributed by atoms with Crippen molar-refractivity contribution in [2.75, 3.05) is 0 Å². The first-order valence-corrected chi connectivity index (χ1v) is 34.2. The molecular formula is C94H60N8. The molecule has 0 saturated carbocycles. The van der Waals surface area contributed by atoms with E-state index in [0.29, 0.717) is 5.56 Å². The standard InChI is InChI=1S/C55H36N4.C39H24N4/c1-5-16-39(17-6-1)49-35-44(36-50(56-49)40-18-7-2-8-19-40)38-30-28-37(29-31-38)42-22-15-23-43(34-42)53-52-47(46-26-13-14-27-48(46)57-53)32-33-51-54(52)58-55(41-20-9-3-10-21-41)59(51)45-24-11-4-12-25-45;40-25-26-18-20-27(21-19-26)29-12-9-13-30(24-29)37-36-33(32-16-7-8-17-34(32)41-37)22-23-35-38(36)42-39(28-10-3-1-4-11-28)43(35)31-14-5-2-6-15-31/h1-36H;1-24H. The Bertz CT molecular complexity index is 6330. The number of hydrogen-bond acceptors (Lipinski definition) is 6. The monoisotopic (exact) mass is 1300 g/mol. The minimum atomic E-state index is 0.646. The van der Waals surface area contributed by atoms with Gasteiger partial charge in [0.1, 0.15) is 11.6 Å². The predicted octanol–water partition coefficient (Wildman–Crippen LogP) is 23.7. The van der Waals surface area contributed by atoms with Crippen LogP contribution in [0.2, 0.25) is 0 Å². The van der Waals surface area contributed by atoms with Crippen LogP contribution >= 0.6 is 0 Å². The molecule has 14 aromatic carbocycles. The number of hydrogen-bond donors (Lipinski definition) is 0. The molecule has 0 bridgehead atoms. The van der Waals surface area contributed by atoms with Gasteiger partial charge in [0.2, 0.25) is 0 Å². The summed E-state index contributed by atoms with van der Waals surface area (Å²) >= 11 is 0. The number of rotatable bonds is 11. The summed E-state index contributed by atoms with van der Waals surface area (Å²) < 4.78 is 4.52. The Balaban J connectivity index is 0.000000154. The van der Waals surface area contributed by atoms with Crippen LogP contribution in [0.4, 0.5) is 0 Å². The van der Waals surface area contributed by atoms with Crippen LogP contribution in [0.25, 0.3) is 178 Å². The topological polar surface area (TPSA) is 98.1 Å². The second-order valence-electron chi connectivity index (χ2n) is 25.4. The van der Waals surface area contributed by atoms with Gasteiger partial charge in [-0.1, -0.05) is 279 Å². The third kappa shape index (κ3) is 11.2. The van der Waals surface area contributed by atoms with E-state index in [1.807, 2.05) is 60.7 Å². The first kappa shape index (κ1) is 60.4. The van der Waals surface area contributed by atoms with Gasteiger partial charge >= 0.3 is 0 Å². The quantitative estimate of drug-likeness (QED) is 0.120. The third-order valence-corrected chi connectivity index (χ3v) is 19.2. The summed E-state index contributed by atoms with van der Waals surface area (Å²) in [5, 5.41) is 15.8. The van der Waals surface area contributed by atoms with Crippen LogP contribution < -0.4 is 0 Å². The van der Waals surface area contributed by atoms with Crippen molar-refractivity contribution < 1.29 is 0 Å². The molecule has 0 unspecified atom stereocenters. The van der Waals surface area contributed by atoms with Crippen molar-refractivity contribution in [2.45, 2.75) is 0 Å². The molecule has 19 aromatic rings. The van der Waals surface area contributed by atoms with Gasteiger partial charge in [0, 0.05) is 66.3 Å². The van der Waals surface area contributed by atoms with E-state index in [9.17, 15) is 5.26 Å². The molecule has 0 aliphatic heterocycles. The average Bonchev–Trinajstić information content (AvgIpc) is 1.48. The lowest BCUT2D eigenvalue weighted by Gasteiger charge is -2.13. The number of imidazole rings is 2. The molecule has 0 fully saturated rings. The van der Waals surface area contributed by atoms with E-state index < -0.39 is 0 Å². The molecule has 0 amide bonds. The van der Waals surface area contributed by atoms with Crippen molar-refractivity contribution in [3.8, 4) is 119 Å². The van der Waals surface area contributed by atoms with E-state index in [0.717, 1.165) is 178 Å². The fourth-order valence-corrected chi connectivity index (χ4v) is 14.3. The molecule has 0 N–H and O–H groups in total. The summed E-state index contributed by atoms with van der Waals surface area (Å²) in [6.45, 7) is 0. The Kier molecular flexibility index (Phi) is 15.5. The van der Waals surface area contributed by atoms with E-state index in [-0.39, 0.29) is 0 Å². The number of benzene rings is 14. The molecule has 0 aliphatic rings. The zero-order valence-electron chi connectivity index (χ0n) is 55.2. The lowest BCUT2D eigenvalue weighted by molar-refractivity contribution is 1.10. The maximum atomic E-state index is 9.27. The summed E-state index contributed by atoms with van der Waals surface area (Å²) in [5.41, 5.74) is 25.3. The molecule has 0 saturated heterocycles. The van der Waals surface area contributed by atoms with E-state index >= 15 is 0 Å². The minimum Gasteiger partial charge on any atom is -0.292 e. The first-order valence-electron chi connectivity index (χ1n) is 34.2. The van der Waals surface area contributed by atoms with Gasteiger partial charge in [0.15, 0.2) is 0 Å².